The average molecular weight is 323 g/mol. The molecule has 0 atom stereocenters. The van der Waals surface area contributed by atoms with Crippen molar-refractivity contribution in [3.63, 3.8) is 0 Å². The minimum Gasteiger partial charge on any atom is -0.386 e. The summed E-state index contributed by atoms with van der Waals surface area (Å²) in [5.74, 6) is 0.352. The molecule has 2 N–H and O–H groups in total. The van der Waals surface area contributed by atoms with Crippen molar-refractivity contribution < 1.29 is 13.2 Å². The van der Waals surface area contributed by atoms with Crippen molar-refractivity contribution in [3.05, 3.63) is 29.1 Å². The third-order valence-corrected chi connectivity index (χ3v) is 4.22. The average Bonchev–Trinajstić information content (AvgIpc) is 3.10. The number of aromatic nitrogens is 3. The third kappa shape index (κ3) is 1.89. The van der Waals surface area contributed by atoms with Crippen LogP contribution in [0.15, 0.2) is 28.6 Å². The Kier molecular flexibility index (Phi) is 2.59. The summed E-state index contributed by atoms with van der Waals surface area (Å²) in [5, 5.41) is 5.78. The third-order valence-electron chi connectivity index (χ3n) is 3.32. The van der Waals surface area contributed by atoms with Gasteiger partial charge in [0.1, 0.15) is 12.4 Å². The van der Waals surface area contributed by atoms with Crippen molar-refractivity contribution in [1.29, 1.82) is 0 Å². The number of aliphatic imine (C=N–C) groups is 1. The van der Waals surface area contributed by atoms with E-state index in [2.05, 4.69) is 15.1 Å². The standard InChI is InChI=1S/C13H8F3N5S/c14-13(15,16)6-4-7(8-2-1-3-22-8)18-11-10(6)12-19-9(17)5-21(12)20-11/h1-4H,5H2,(H2,17,19). The van der Waals surface area contributed by atoms with E-state index in [1.807, 2.05) is 0 Å². The lowest BCUT2D eigenvalue weighted by molar-refractivity contribution is -0.136. The molecule has 0 aliphatic carbocycles. The molecule has 3 aromatic rings. The minimum atomic E-state index is -4.52. The zero-order valence-electron chi connectivity index (χ0n) is 10.9. The highest BCUT2D eigenvalue weighted by atomic mass is 32.1. The fourth-order valence-corrected chi connectivity index (χ4v) is 3.12. The number of hydrogen-bond donors (Lipinski definition) is 1. The molecule has 0 saturated heterocycles. The maximum Gasteiger partial charge on any atom is 0.417 e. The van der Waals surface area contributed by atoms with Gasteiger partial charge in [-0.05, 0) is 17.5 Å². The first-order chi connectivity index (χ1) is 10.4. The van der Waals surface area contributed by atoms with Gasteiger partial charge in [0.15, 0.2) is 11.5 Å². The zero-order chi connectivity index (χ0) is 15.5. The number of nitrogens with two attached hydrogens (primary N) is 1. The summed E-state index contributed by atoms with van der Waals surface area (Å²) in [6.07, 6.45) is -4.52. The van der Waals surface area contributed by atoms with Crippen molar-refractivity contribution in [2.75, 3.05) is 0 Å². The van der Waals surface area contributed by atoms with Crippen LogP contribution in [0.3, 0.4) is 0 Å². The number of pyridine rings is 1. The van der Waals surface area contributed by atoms with Crippen molar-refractivity contribution in [2.24, 2.45) is 10.7 Å². The van der Waals surface area contributed by atoms with E-state index in [9.17, 15) is 13.2 Å². The van der Waals surface area contributed by atoms with E-state index in [1.165, 1.54) is 16.0 Å². The van der Waals surface area contributed by atoms with Gasteiger partial charge in [-0.2, -0.15) is 13.2 Å². The molecule has 5 nitrogen and oxygen atoms in total. The lowest BCUT2D eigenvalue weighted by atomic mass is 10.1. The van der Waals surface area contributed by atoms with Crippen LogP contribution in [0.2, 0.25) is 0 Å². The summed E-state index contributed by atoms with van der Waals surface area (Å²) >= 11 is 1.32. The van der Waals surface area contributed by atoms with Crippen LogP contribution in [0.5, 0.6) is 0 Å². The Labute approximate surface area is 125 Å². The number of rotatable bonds is 1. The van der Waals surface area contributed by atoms with E-state index >= 15 is 0 Å². The van der Waals surface area contributed by atoms with Crippen molar-refractivity contribution >= 4 is 34.0 Å². The number of thiophene rings is 1. The quantitative estimate of drug-likeness (QED) is 0.748. The fraction of sp³-hybridized carbons (Fsp3) is 0.154. The highest BCUT2D eigenvalue weighted by Crippen LogP contribution is 2.41. The van der Waals surface area contributed by atoms with E-state index in [0.717, 1.165) is 6.07 Å². The number of halogens is 3. The molecule has 4 heterocycles. The van der Waals surface area contributed by atoms with Crippen LogP contribution < -0.4 is 5.73 Å². The SMILES string of the molecule is NC1=Nc2c3c(C(F)(F)F)cc(-c4cccs4)nc3nn2C1. The number of fused-ring (bicyclic) bond motifs is 3. The first kappa shape index (κ1) is 13.3. The van der Waals surface area contributed by atoms with Gasteiger partial charge < -0.3 is 5.73 Å². The molecule has 0 aromatic carbocycles. The van der Waals surface area contributed by atoms with E-state index in [4.69, 9.17) is 5.73 Å². The molecular formula is C13H8F3N5S. The van der Waals surface area contributed by atoms with Gasteiger partial charge in [-0.15, -0.1) is 16.4 Å². The maximum atomic E-state index is 13.4. The summed E-state index contributed by atoms with van der Waals surface area (Å²) in [7, 11) is 0. The Morgan fingerprint density at radius 1 is 1.32 bits per heavy atom. The summed E-state index contributed by atoms with van der Waals surface area (Å²) in [4.78, 5) is 8.87. The monoisotopic (exact) mass is 323 g/mol. The normalized spacial score (nSPS) is 14.4. The largest absolute Gasteiger partial charge is 0.417 e. The molecule has 1 aliphatic rings. The number of alkyl halides is 3. The molecule has 0 bridgehead atoms. The Hall–Kier alpha value is -2.42. The summed E-state index contributed by atoms with van der Waals surface area (Å²) in [5.41, 5.74) is 5.07. The van der Waals surface area contributed by atoms with Crippen molar-refractivity contribution in [3.8, 4) is 10.6 Å². The highest BCUT2D eigenvalue weighted by molar-refractivity contribution is 7.13. The molecule has 22 heavy (non-hydrogen) atoms. The van der Waals surface area contributed by atoms with Crippen LogP contribution in [0.25, 0.3) is 21.6 Å². The van der Waals surface area contributed by atoms with Gasteiger partial charge >= 0.3 is 6.18 Å². The number of amidine groups is 1. The summed E-state index contributed by atoms with van der Waals surface area (Å²) in [6, 6.07) is 4.52. The Morgan fingerprint density at radius 3 is 2.82 bits per heavy atom. The van der Waals surface area contributed by atoms with Crippen molar-refractivity contribution in [1.82, 2.24) is 14.8 Å². The van der Waals surface area contributed by atoms with Gasteiger partial charge in [0, 0.05) is 0 Å². The van der Waals surface area contributed by atoms with Crippen LogP contribution in [0.1, 0.15) is 5.56 Å². The Balaban J connectivity index is 2.06. The molecule has 0 unspecified atom stereocenters. The predicted molar refractivity (Wildman–Crippen MR) is 77.1 cm³/mol. The molecule has 3 aromatic heterocycles. The van der Waals surface area contributed by atoms with Crippen LogP contribution in [0.4, 0.5) is 19.0 Å². The molecule has 0 saturated carbocycles. The molecule has 0 amide bonds. The van der Waals surface area contributed by atoms with E-state index < -0.39 is 11.7 Å². The zero-order valence-corrected chi connectivity index (χ0v) is 11.7. The molecule has 1 aliphatic heterocycles. The van der Waals surface area contributed by atoms with E-state index in [0.29, 0.717) is 4.88 Å². The lowest BCUT2D eigenvalue weighted by Gasteiger charge is -2.09. The second-order valence-corrected chi connectivity index (χ2v) is 5.76. The molecule has 0 radical (unpaired) electrons. The van der Waals surface area contributed by atoms with E-state index in [-0.39, 0.29) is 34.9 Å². The van der Waals surface area contributed by atoms with E-state index in [1.54, 1.807) is 17.5 Å². The predicted octanol–water partition coefficient (Wildman–Crippen LogP) is 3.18. The molecule has 4 rings (SSSR count). The van der Waals surface area contributed by atoms with Crippen LogP contribution in [0, 0.1) is 0 Å². The molecule has 112 valence electrons. The number of nitrogens with zero attached hydrogens (tertiary/aromatic N) is 4. The van der Waals surface area contributed by atoms with Gasteiger partial charge in [0.25, 0.3) is 0 Å². The van der Waals surface area contributed by atoms with Gasteiger partial charge in [-0.3, -0.25) is 0 Å². The Bertz CT molecular complexity index is 908. The lowest BCUT2D eigenvalue weighted by Crippen LogP contribution is -2.14. The van der Waals surface area contributed by atoms with Crippen molar-refractivity contribution in [2.45, 2.75) is 12.7 Å². The van der Waals surface area contributed by atoms with Crippen LogP contribution >= 0.6 is 11.3 Å². The smallest absolute Gasteiger partial charge is 0.386 e. The maximum absolute atomic E-state index is 13.4. The molecule has 0 fully saturated rings. The summed E-state index contributed by atoms with van der Waals surface area (Å²) in [6.45, 7) is 0.178. The first-order valence-electron chi connectivity index (χ1n) is 6.29. The number of hydrogen-bond acceptors (Lipinski definition) is 5. The van der Waals surface area contributed by atoms with Crippen LogP contribution in [-0.2, 0) is 12.7 Å². The Morgan fingerprint density at radius 2 is 2.14 bits per heavy atom. The fourth-order valence-electron chi connectivity index (χ4n) is 2.44. The topological polar surface area (TPSA) is 69.1 Å². The highest BCUT2D eigenvalue weighted by Gasteiger charge is 2.37. The van der Waals surface area contributed by atoms with Gasteiger partial charge in [0.05, 0.1) is 21.5 Å². The molecular weight excluding hydrogens is 315 g/mol. The first-order valence-corrected chi connectivity index (χ1v) is 7.17. The van der Waals surface area contributed by atoms with Gasteiger partial charge in [0.2, 0.25) is 0 Å². The second-order valence-electron chi connectivity index (χ2n) is 4.81. The van der Waals surface area contributed by atoms with Gasteiger partial charge in [-0.25, -0.2) is 14.7 Å². The second kappa shape index (κ2) is 4.29. The minimum absolute atomic E-state index is 0.0319. The summed E-state index contributed by atoms with van der Waals surface area (Å²) < 4.78 is 41.7. The molecule has 0 spiro atoms. The molecule has 9 heteroatoms. The van der Waals surface area contributed by atoms with Crippen LogP contribution in [-0.4, -0.2) is 20.6 Å². The van der Waals surface area contributed by atoms with Gasteiger partial charge in [-0.1, -0.05) is 6.07 Å².